The van der Waals surface area contributed by atoms with Crippen LogP contribution in [0, 0.1) is 0 Å². The SMILES string of the molecule is O=C1N[C@@]2(CCCCc3ccccc32)C(=O)N1Cc1cc(Cl)cc2c1OCOC2. The van der Waals surface area contributed by atoms with E-state index in [9.17, 15) is 9.59 Å². The first-order chi connectivity index (χ1) is 14.1. The number of amides is 3. The number of hydrogen-bond donors (Lipinski definition) is 1. The second-order valence-electron chi connectivity index (χ2n) is 7.75. The van der Waals surface area contributed by atoms with Gasteiger partial charge in [-0.3, -0.25) is 9.69 Å². The summed E-state index contributed by atoms with van der Waals surface area (Å²) in [7, 11) is 0. The number of ether oxygens (including phenoxy) is 2. The Kier molecular flexibility index (Phi) is 4.48. The van der Waals surface area contributed by atoms with Gasteiger partial charge in [0.15, 0.2) is 6.79 Å². The van der Waals surface area contributed by atoms with E-state index in [-0.39, 0.29) is 25.3 Å². The highest BCUT2D eigenvalue weighted by Crippen LogP contribution is 2.40. The molecule has 5 rings (SSSR count). The zero-order valence-corrected chi connectivity index (χ0v) is 16.6. The molecular weight excluding hydrogens is 392 g/mol. The number of nitrogens with one attached hydrogen (secondary N) is 1. The van der Waals surface area contributed by atoms with Gasteiger partial charge in [-0.25, -0.2) is 4.79 Å². The third kappa shape index (κ3) is 2.98. The van der Waals surface area contributed by atoms with Crippen molar-refractivity contribution in [3.05, 3.63) is 63.7 Å². The van der Waals surface area contributed by atoms with Crippen molar-refractivity contribution >= 4 is 23.5 Å². The van der Waals surface area contributed by atoms with Gasteiger partial charge in [-0.1, -0.05) is 35.9 Å². The highest BCUT2D eigenvalue weighted by molar-refractivity contribution is 6.30. The molecule has 2 aliphatic heterocycles. The van der Waals surface area contributed by atoms with Crippen molar-refractivity contribution < 1.29 is 19.1 Å². The van der Waals surface area contributed by atoms with Gasteiger partial charge in [0.2, 0.25) is 0 Å². The number of carbonyl (C=O) groups excluding carboxylic acids is 2. The van der Waals surface area contributed by atoms with Gasteiger partial charge in [-0.05, 0) is 48.9 Å². The Hall–Kier alpha value is -2.57. The molecule has 1 N–H and O–H groups in total. The number of urea groups is 1. The van der Waals surface area contributed by atoms with Crippen LogP contribution in [0.2, 0.25) is 5.02 Å². The number of imide groups is 1. The first-order valence-corrected chi connectivity index (χ1v) is 10.2. The van der Waals surface area contributed by atoms with Crippen molar-refractivity contribution in [2.24, 2.45) is 0 Å². The minimum atomic E-state index is -0.993. The molecule has 1 aliphatic carbocycles. The van der Waals surface area contributed by atoms with Gasteiger partial charge < -0.3 is 14.8 Å². The molecule has 0 radical (unpaired) electrons. The summed E-state index contributed by atoms with van der Waals surface area (Å²) >= 11 is 6.26. The topological polar surface area (TPSA) is 67.9 Å². The van der Waals surface area contributed by atoms with Crippen molar-refractivity contribution in [1.82, 2.24) is 10.2 Å². The molecule has 0 saturated carbocycles. The third-order valence-corrected chi connectivity index (χ3v) is 6.20. The maximum atomic E-state index is 13.6. The lowest BCUT2D eigenvalue weighted by Crippen LogP contribution is -2.44. The van der Waals surface area contributed by atoms with Crippen LogP contribution >= 0.6 is 11.6 Å². The van der Waals surface area contributed by atoms with Crippen molar-refractivity contribution in [2.45, 2.75) is 44.4 Å². The van der Waals surface area contributed by atoms with E-state index >= 15 is 0 Å². The molecular formula is C22H21ClN2O4. The molecule has 6 nitrogen and oxygen atoms in total. The average Bonchev–Trinajstić information content (AvgIpc) is 2.86. The van der Waals surface area contributed by atoms with Gasteiger partial charge in [0.1, 0.15) is 11.3 Å². The van der Waals surface area contributed by atoms with Crippen molar-refractivity contribution in [1.29, 1.82) is 0 Å². The Morgan fingerprint density at radius 1 is 1.14 bits per heavy atom. The second kappa shape index (κ2) is 7.04. The summed E-state index contributed by atoms with van der Waals surface area (Å²) in [5.41, 5.74) is 2.57. The summed E-state index contributed by atoms with van der Waals surface area (Å²) in [5, 5.41) is 3.54. The monoisotopic (exact) mass is 412 g/mol. The molecule has 0 unspecified atom stereocenters. The first kappa shape index (κ1) is 18.5. The van der Waals surface area contributed by atoms with Crippen LogP contribution in [-0.4, -0.2) is 23.6 Å². The predicted octanol–water partition coefficient (Wildman–Crippen LogP) is 3.88. The van der Waals surface area contributed by atoms with Crippen LogP contribution in [0.1, 0.15) is 41.5 Å². The third-order valence-electron chi connectivity index (χ3n) is 5.98. The summed E-state index contributed by atoms with van der Waals surface area (Å²) < 4.78 is 11.0. The Labute approximate surface area is 173 Å². The number of rotatable bonds is 2. The molecule has 7 heteroatoms. The molecule has 0 aromatic heterocycles. The van der Waals surface area contributed by atoms with Gasteiger partial charge in [-0.15, -0.1) is 0 Å². The first-order valence-electron chi connectivity index (χ1n) is 9.83. The van der Waals surface area contributed by atoms with E-state index in [4.69, 9.17) is 21.1 Å². The summed E-state index contributed by atoms with van der Waals surface area (Å²) in [6.45, 7) is 0.636. The zero-order chi connectivity index (χ0) is 20.0. The zero-order valence-electron chi connectivity index (χ0n) is 15.9. The Balaban J connectivity index is 1.52. The lowest BCUT2D eigenvalue weighted by atomic mass is 9.84. The Morgan fingerprint density at radius 2 is 2.00 bits per heavy atom. The molecule has 2 aromatic rings. The normalized spacial score (nSPS) is 23.3. The smallest absolute Gasteiger partial charge is 0.325 e. The molecule has 2 heterocycles. The number of halogens is 1. The molecule has 3 aliphatic rings. The van der Waals surface area contributed by atoms with Gasteiger partial charge in [0.05, 0.1) is 13.2 Å². The Bertz CT molecular complexity index is 1010. The van der Waals surface area contributed by atoms with E-state index in [1.165, 1.54) is 4.90 Å². The number of nitrogens with zero attached hydrogens (tertiary/aromatic N) is 1. The molecule has 1 spiro atoms. The van der Waals surface area contributed by atoms with Crippen LogP contribution in [0.15, 0.2) is 36.4 Å². The van der Waals surface area contributed by atoms with Crippen LogP contribution in [-0.2, 0) is 34.6 Å². The largest absolute Gasteiger partial charge is 0.467 e. The van der Waals surface area contributed by atoms with Crippen molar-refractivity contribution in [3.63, 3.8) is 0 Å². The fourth-order valence-corrected chi connectivity index (χ4v) is 4.92. The fourth-order valence-electron chi connectivity index (χ4n) is 4.66. The van der Waals surface area contributed by atoms with Gasteiger partial charge in [0, 0.05) is 16.1 Å². The molecule has 150 valence electrons. The fraction of sp³-hybridized carbons (Fsp3) is 0.364. The summed E-state index contributed by atoms with van der Waals surface area (Å²) in [4.78, 5) is 27.8. The lowest BCUT2D eigenvalue weighted by molar-refractivity contribution is -0.132. The van der Waals surface area contributed by atoms with Crippen molar-refractivity contribution in [3.8, 4) is 5.75 Å². The van der Waals surface area contributed by atoms with Gasteiger partial charge >= 0.3 is 6.03 Å². The lowest BCUT2D eigenvalue weighted by Gasteiger charge is -2.28. The number of carbonyl (C=O) groups is 2. The van der Waals surface area contributed by atoms with Crippen LogP contribution in [0.3, 0.4) is 0 Å². The molecule has 1 fully saturated rings. The molecule has 29 heavy (non-hydrogen) atoms. The van der Waals surface area contributed by atoms with Crippen LogP contribution in [0.4, 0.5) is 4.79 Å². The van der Waals surface area contributed by atoms with E-state index in [1.54, 1.807) is 12.1 Å². The molecule has 2 aromatic carbocycles. The molecule has 3 amide bonds. The average molecular weight is 413 g/mol. The maximum absolute atomic E-state index is 13.6. The summed E-state index contributed by atoms with van der Waals surface area (Å²) in [6.07, 6.45) is 3.39. The molecule has 0 bridgehead atoms. The quantitative estimate of drug-likeness (QED) is 0.760. The van der Waals surface area contributed by atoms with E-state index in [2.05, 4.69) is 5.32 Å². The highest BCUT2D eigenvalue weighted by Gasteiger charge is 2.53. The number of benzene rings is 2. The summed E-state index contributed by atoms with van der Waals surface area (Å²) in [5.74, 6) is 0.432. The van der Waals surface area contributed by atoms with Crippen LogP contribution < -0.4 is 10.1 Å². The van der Waals surface area contributed by atoms with Gasteiger partial charge in [0.25, 0.3) is 5.91 Å². The summed E-state index contributed by atoms with van der Waals surface area (Å²) in [6, 6.07) is 11.1. The second-order valence-corrected chi connectivity index (χ2v) is 8.19. The molecule has 1 atom stereocenters. The van der Waals surface area contributed by atoms with E-state index in [1.807, 2.05) is 24.3 Å². The highest BCUT2D eigenvalue weighted by atomic mass is 35.5. The molecule has 1 saturated heterocycles. The minimum Gasteiger partial charge on any atom is -0.467 e. The van der Waals surface area contributed by atoms with Crippen LogP contribution in [0.5, 0.6) is 5.75 Å². The minimum absolute atomic E-state index is 0.109. The Morgan fingerprint density at radius 3 is 2.90 bits per heavy atom. The van der Waals surface area contributed by atoms with Crippen molar-refractivity contribution in [2.75, 3.05) is 6.79 Å². The number of hydrogen-bond acceptors (Lipinski definition) is 4. The number of fused-ring (bicyclic) bond motifs is 3. The predicted molar refractivity (Wildman–Crippen MR) is 106 cm³/mol. The maximum Gasteiger partial charge on any atom is 0.325 e. The van der Waals surface area contributed by atoms with E-state index < -0.39 is 5.54 Å². The number of aryl methyl sites for hydroxylation is 1. The van der Waals surface area contributed by atoms with Crippen LogP contribution in [0.25, 0.3) is 0 Å². The van der Waals surface area contributed by atoms with E-state index in [0.717, 1.165) is 36.0 Å². The van der Waals surface area contributed by atoms with Gasteiger partial charge in [-0.2, -0.15) is 0 Å². The standard InChI is InChI=1S/C22H21ClN2O4/c23-17-9-15(19-16(10-17)12-28-13-29-19)11-25-20(26)22(24-21(25)27)8-4-3-6-14-5-1-2-7-18(14)22/h1-2,5,7,9-10H,3-4,6,8,11-13H2,(H,24,27)/t22-/m1/s1. The van der Waals surface area contributed by atoms with E-state index in [0.29, 0.717) is 29.4 Å².